The van der Waals surface area contributed by atoms with Gasteiger partial charge in [0.15, 0.2) is 0 Å². The van der Waals surface area contributed by atoms with Gasteiger partial charge < -0.3 is 63.2 Å². The van der Waals surface area contributed by atoms with E-state index in [1.54, 1.807) is 18.6 Å². The highest BCUT2D eigenvalue weighted by Gasteiger charge is 2.37. The van der Waals surface area contributed by atoms with Crippen molar-refractivity contribution in [2.75, 3.05) is 0 Å². The molecule has 21 heteroatoms. The van der Waals surface area contributed by atoms with E-state index < -0.39 is 101 Å². The number of H-pyrrole nitrogens is 3. The molecule has 1 saturated heterocycles. The monoisotopic (exact) mass is 1140 g/mol. The molecule has 13 N–H and O–H groups in total. The molecule has 3 aromatic carbocycles. The number of nitrogens with two attached hydrogens (primary N) is 1. The molecule has 0 aliphatic carbocycles. The Labute approximate surface area is 483 Å². The molecule has 0 radical (unpaired) electrons. The molecular weight excluding hydrogens is 1060 g/mol. The second-order valence-corrected chi connectivity index (χ2v) is 23.7. The van der Waals surface area contributed by atoms with Gasteiger partial charge in [-0.25, -0.2) is 0 Å². The van der Waals surface area contributed by atoms with Gasteiger partial charge in [-0.1, -0.05) is 110 Å². The Morgan fingerprint density at radius 1 is 0.361 bits per heavy atom. The smallest absolute Gasteiger partial charge is 0.243 e. The van der Waals surface area contributed by atoms with Crippen LogP contribution in [-0.2, 0) is 62.4 Å². The lowest BCUT2D eigenvalue weighted by atomic mass is 9.97. The standard InChI is InChI=1S/C62H82N12O9/c1-33(2)23-47-56(77)67-46(21-22-54(63)75)55(76)68-48(24-34(3)4)57(78)72-52(28-38-31-65-44-19-13-10-16-41(38)44)61(82)70-50(26-36(7)8)59(80)74-53(29-39-32-66-45-20-14-11-17-42(39)45)62(83)71-49(25-35(5)6)58(79)73-51(60(81)69-47)27-37-30-64-43-18-12-9-15-40(37)43/h9-20,30-36,46-53,64-66H,21-29H2,1-8H3,(H2,63,75)(H,67,77)(H,68,76)(H,69,81)(H,70,82)(H,71,83)(H,72,78)(H,73,79)(H,74,80)/t46-,47+,48+,49+,50+,51-,52-,53-/m0/s1. The molecule has 1 fully saturated rings. The van der Waals surface area contributed by atoms with Crippen molar-refractivity contribution in [2.45, 2.75) is 162 Å². The predicted molar refractivity (Wildman–Crippen MR) is 318 cm³/mol. The third-order valence-corrected chi connectivity index (χ3v) is 14.9. The second-order valence-electron chi connectivity index (χ2n) is 23.7. The van der Waals surface area contributed by atoms with Crippen molar-refractivity contribution in [3.8, 4) is 0 Å². The maximum atomic E-state index is 15.1. The molecule has 6 aromatic rings. The van der Waals surface area contributed by atoms with Crippen molar-refractivity contribution < 1.29 is 43.2 Å². The number of benzene rings is 3. The maximum Gasteiger partial charge on any atom is 0.243 e. The Kier molecular flexibility index (Phi) is 21.3. The summed E-state index contributed by atoms with van der Waals surface area (Å²) in [5.41, 5.74) is 9.95. The van der Waals surface area contributed by atoms with Gasteiger partial charge >= 0.3 is 0 Å². The van der Waals surface area contributed by atoms with E-state index in [1.165, 1.54) is 0 Å². The number of carbonyl (C=O) groups is 9. The fraction of sp³-hybridized carbons (Fsp3) is 0.468. The molecule has 0 unspecified atom stereocenters. The highest BCUT2D eigenvalue weighted by atomic mass is 16.2. The Hall–Kier alpha value is -8.49. The van der Waals surface area contributed by atoms with Crippen LogP contribution in [0.25, 0.3) is 32.7 Å². The van der Waals surface area contributed by atoms with Gasteiger partial charge in [0, 0.05) is 77.0 Å². The minimum atomic E-state index is -1.45. The Balaban J connectivity index is 1.33. The SMILES string of the molecule is CC(C)C[C@H]1NC(=O)[C@H](CCC(N)=O)NC(=O)[C@@H](CC(C)C)NC(=O)[C@H](Cc2c[nH]c3ccccc23)NC(=O)[C@@H](CC(C)C)NC(=O)[C@H](Cc2c[nH]c3ccccc23)NC(=O)[C@@H](CC(C)C)NC(=O)[C@H](Cc2c[nH]c3ccccc23)NC1=O. The van der Waals surface area contributed by atoms with Crippen molar-refractivity contribution in [3.05, 3.63) is 108 Å². The summed E-state index contributed by atoms with van der Waals surface area (Å²) >= 11 is 0. The number of carbonyl (C=O) groups excluding carboxylic acids is 9. The number of hydrogen-bond donors (Lipinski definition) is 12. The molecule has 1 aliphatic heterocycles. The van der Waals surface area contributed by atoms with Crippen LogP contribution in [0.1, 0.15) is 111 Å². The van der Waals surface area contributed by atoms with Crippen LogP contribution in [0.15, 0.2) is 91.4 Å². The number of rotatable bonds is 17. The number of nitrogens with one attached hydrogen (secondary N) is 11. The lowest BCUT2D eigenvalue weighted by Crippen LogP contribution is -2.62. The van der Waals surface area contributed by atoms with Crippen LogP contribution < -0.4 is 48.3 Å². The van der Waals surface area contributed by atoms with Crippen LogP contribution >= 0.6 is 0 Å². The zero-order valence-corrected chi connectivity index (χ0v) is 48.7. The molecule has 0 bridgehead atoms. The predicted octanol–water partition coefficient (Wildman–Crippen LogP) is 4.50. The van der Waals surface area contributed by atoms with Crippen molar-refractivity contribution >= 4 is 85.9 Å². The molecule has 444 valence electrons. The van der Waals surface area contributed by atoms with E-state index in [4.69, 9.17) is 5.73 Å². The molecule has 0 spiro atoms. The normalized spacial score (nSPS) is 22.5. The minimum Gasteiger partial charge on any atom is -0.370 e. The molecule has 3 aromatic heterocycles. The number of aromatic amines is 3. The van der Waals surface area contributed by atoms with Gasteiger partial charge in [0.2, 0.25) is 53.2 Å². The van der Waals surface area contributed by atoms with Gasteiger partial charge in [-0.05, 0) is 90.7 Å². The maximum absolute atomic E-state index is 15.1. The second kappa shape index (κ2) is 28.5. The fourth-order valence-electron chi connectivity index (χ4n) is 10.7. The molecule has 1 aliphatic rings. The van der Waals surface area contributed by atoms with Gasteiger partial charge in [-0.15, -0.1) is 0 Å². The number of amides is 9. The minimum absolute atomic E-state index is 0.0452. The van der Waals surface area contributed by atoms with Crippen LogP contribution in [-0.4, -0.2) is 116 Å². The average molecular weight is 1140 g/mol. The molecule has 83 heavy (non-hydrogen) atoms. The van der Waals surface area contributed by atoms with Crippen LogP contribution in [0.4, 0.5) is 0 Å². The highest BCUT2D eigenvalue weighted by molar-refractivity contribution is 6.00. The van der Waals surface area contributed by atoms with E-state index in [2.05, 4.69) is 57.5 Å². The van der Waals surface area contributed by atoms with Crippen LogP contribution in [0.3, 0.4) is 0 Å². The highest BCUT2D eigenvalue weighted by Crippen LogP contribution is 2.24. The van der Waals surface area contributed by atoms with Crippen LogP contribution in [0.5, 0.6) is 0 Å². The van der Waals surface area contributed by atoms with E-state index >= 15 is 4.79 Å². The Morgan fingerprint density at radius 2 is 0.590 bits per heavy atom. The van der Waals surface area contributed by atoms with Gasteiger partial charge in [0.05, 0.1) is 0 Å². The zero-order valence-electron chi connectivity index (χ0n) is 48.7. The third-order valence-electron chi connectivity index (χ3n) is 14.9. The van der Waals surface area contributed by atoms with E-state index in [1.807, 2.05) is 128 Å². The first-order chi connectivity index (χ1) is 39.5. The first-order valence-corrected chi connectivity index (χ1v) is 28.9. The van der Waals surface area contributed by atoms with Gasteiger partial charge in [-0.3, -0.25) is 43.2 Å². The summed E-state index contributed by atoms with van der Waals surface area (Å²) in [6.07, 6.45) is 4.77. The lowest BCUT2D eigenvalue weighted by Gasteiger charge is -2.30. The number of hydrogen-bond acceptors (Lipinski definition) is 9. The lowest BCUT2D eigenvalue weighted by molar-refractivity contribution is -0.137. The summed E-state index contributed by atoms with van der Waals surface area (Å²) in [6, 6.07) is 11.8. The van der Waals surface area contributed by atoms with Crippen LogP contribution in [0, 0.1) is 23.7 Å². The molecule has 0 saturated carbocycles. The fourth-order valence-corrected chi connectivity index (χ4v) is 10.7. The van der Waals surface area contributed by atoms with E-state index in [0.717, 1.165) is 32.7 Å². The van der Waals surface area contributed by atoms with Crippen LogP contribution in [0.2, 0.25) is 0 Å². The van der Waals surface area contributed by atoms with Gasteiger partial charge in [0.25, 0.3) is 0 Å². The van der Waals surface area contributed by atoms with Gasteiger partial charge in [0.1, 0.15) is 48.3 Å². The largest absolute Gasteiger partial charge is 0.370 e. The number of primary amides is 1. The van der Waals surface area contributed by atoms with E-state index in [-0.39, 0.29) is 81.5 Å². The quantitative estimate of drug-likeness (QED) is 0.0611. The summed E-state index contributed by atoms with van der Waals surface area (Å²) in [4.78, 5) is 141. The molecule has 21 nitrogen and oxygen atoms in total. The molecule has 8 atom stereocenters. The van der Waals surface area contributed by atoms with Crippen molar-refractivity contribution in [2.24, 2.45) is 29.4 Å². The number of fused-ring (bicyclic) bond motifs is 3. The van der Waals surface area contributed by atoms with Crippen molar-refractivity contribution in [1.29, 1.82) is 0 Å². The Bertz CT molecular complexity index is 3190. The summed E-state index contributed by atoms with van der Waals surface area (Å²) < 4.78 is 0. The number of para-hydroxylation sites is 3. The number of aromatic nitrogens is 3. The van der Waals surface area contributed by atoms with E-state index in [9.17, 15) is 38.4 Å². The van der Waals surface area contributed by atoms with Crippen molar-refractivity contribution in [3.63, 3.8) is 0 Å². The molecule has 9 amide bonds. The molecule has 7 rings (SSSR count). The summed E-state index contributed by atoms with van der Waals surface area (Å²) in [5.74, 6) is -7.48. The first kappa shape index (κ1) is 62.1. The summed E-state index contributed by atoms with van der Waals surface area (Å²) in [6.45, 7) is 14.8. The Morgan fingerprint density at radius 3 is 0.855 bits per heavy atom. The summed E-state index contributed by atoms with van der Waals surface area (Å²) in [7, 11) is 0. The van der Waals surface area contributed by atoms with Gasteiger partial charge in [-0.2, -0.15) is 0 Å². The van der Waals surface area contributed by atoms with Crippen molar-refractivity contribution in [1.82, 2.24) is 57.5 Å². The first-order valence-electron chi connectivity index (χ1n) is 28.9. The third kappa shape index (κ3) is 17.0. The zero-order chi connectivity index (χ0) is 60.1. The average Bonchev–Trinajstić information content (AvgIpc) is 4.33. The van der Waals surface area contributed by atoms with E-state index in [0.29, 0.717) is 16.7 Å². The molecule has 4 heterocycles. The topological polar surface area (TPSA) is 323 Å². The summed E-state index contributed by atoms with van der Waals surface area (Å²) in [5, 5.41) is 25.3. The molecular formula is C62H82N12O9.